The summed E-state index contributed by atoms with van der Waals surface area (Å²) < 4.78 is 13.7. The number of fused-ring (bicyclic) bond motifs is 3. The second-order valence-corrected chi connectivity index (χ2v) is 12.1. The van der Waals surface area contributed by atoms with Gasteiger partial charge in [0, 0.05) is 36.8 Å². The molecular weight excluding hydrogens is 403 g/mol. The molecule has 0 aromatic heterocycles. The Morgan fingerprint density at radius 2 is 1.75 bits per heavy atom. The third-order valence-corrected chi connectivity index (χ3v) is 10.3. The molecule has 5 atom stereocenters. The van der Waals surface area contributed by atoms with Crippen LogP contribution in [0.15, 0.2) is 18.2 Å². The fourth-order valence-electron chi connectivity index (χ4n) is 9.31. The third kappa shape index (κ3) is 2.99. The molecule has 6 fully saturated rings. The zero-order valence-corrected chi connectivity index (χ0v) is 18.9. The molecule has 5 heteroatoms. The maximum absolute atomic E-state index is 13.7. The number of hydrogen-bond donors (Lipinski definition) is 1. The van der Waals surface area contributed by atoms with Crippen LogP contribution in [0.1, 0.15) is 69.8 Å². The summed E-state index contributed by atoms with van der Waals surface area (Å²) in [5.74, 6) is 2.58. The van der Waals surface area contributed by atoms with Crippen molar-refractivity contribution in [2.45, 2.75) is 94.4 Å². The standard InChI is InChI=1S/C27H35FN2O2/c28-20-1-4-25-17(9-20)5-6-29(25)23-10-21-2-3-22(11-23)30(21)26(31)12-24-18-7-16-8-19(24)15-27(32,13-16)14-18/h1,4,9,16,18-19,21-24,32H,2-3,5-8,10-15H2/t16?,18?,19?,21-,22+,23?,24?,27?. The average Bonchev–Trinajstić information content (AvgIpc) is 3.27. The van der Waals surface area contributed by atoms with Crippen LogP contribution in [0.25, 0.3) is 0 Å². The van der Waals surface area contributed by atoms with Crippen molar-refractivity contribution in [2.24, 2.45) is 23.7 Å². The molecule has 6 bridgehead atoms. The van der Waals surface area contributed by atoms with Crippen LogP contribution in [0.2, 0.25) is 0 Å². The van der Waals surface area contributed by atoms with Gasteiger partial charge in [-0.1, -0.05) is 0 Å². The Kier molecular flexibility index (Phi) is 4.30. The Labute approximate surface area is 190 Å². The molecule has 0 radical (unpaired) electrons. The lowest BCUT2D eigenvalue weighted by molar-refractivity contribution is -0.162. The number of anilines is 1. The van der Waals surface area contributed by atoms with Crippen molar-refractivity contribution in [3.05, 3.63) is 29.6 Å². The van der Waals surface area contributed by atoms with Crippen LogP contribution in [0.3, 0.4) is 0 Å². The molecule has 1 aromatic rings. The summed E-state index contributed by atoms with van der Waals surface area (Å²) >= 11 is 0. The van der Waals surface area contributed by atoms with Gasteiger partial charge in [-0.25, -0.2) is 4.39 Å². The summed E-state index contributed by atoms with van der Waals surface area (Å²) in [6.45, 7) is 0.979. The molecule has 3 aliphatic heterocycles. The molecule has 3 unspecified atom stereocenters. The van der Waals surface area contributed by atoms with Crippen LogP contribution in [0.4, 0.5) is 10.1 Å². The van der Waals surface area contributed by atoms with E-state index in [9.17, 15) is 14.3 Å². The van der Waals surface area contributed by atoms with Crippen molar-refractivity contribution in [3.8, 4) is 0 Å². The number of piperidine rings is 1. The highest BCUT2D eigenvalue weighted by Crippen LogP contribution is 2.59. The topological polar surface area (TPSA) is 43.8 Å². The summed E-state index contributed by atoms with van der Waals surface area (Å²) in [5.41, 5.74) is 1.93. The molecule has 1 aromatic carbocycles. The summed E-state index contributed by atoms with van der Waals surface area (Å²) in [6.07, 6.45) is 11.4. The monoisotopic (exact) mass is 438 g/mol. The van der Waals surface area contributed by atoms with Gasteiger partial charge >= 0.3 is 0 Å². The van der Waals surface area contributed by atoms with Gasteiger partial charge in [0.2, 0.25) is 5.91 Å². The Balaban J connectivity index is 1.05. The van der Waals surface area contributed by atoms with E-state index in [1.54, 1.807) is 12.1 Å². The van der Waals surface area contributed by atoms with E-state index in [0.29, 0.717) is 54.1 Å². The van der Waals surface area contributed by atoms with E-state index < -0.39 is 5.60 Å². The zero-order chi connectivity index (χ0) is 21.6. The maximum Gasteiger partial charge on any atom is 0.223 e. The molecule has 1 N–H and O–H groups in total. The number of aliphatic hydroxyl groups is 1. The van der Waals surface area contributed by atoms with Crippen molar-refractivity contribution in [2.75, 3.05) is 11.4 Å². The molecule has 8 rings (SSSR count). The first-order valence-corrected chi connectivity index (χ1v) is 13.0. The van der Waals surface area contributed by atoms with Crippen LogP contribution >= 0.6 is 0 Å². The average molecular weight is 439 g/mol. The van der Waals surface area contributed by atoms with Crippen LogP contribution in [-0.4, -0.2) is 46.2 Å². The van der Waals surface area contributed by atoms with Gasteiger partial charge in [-0.05, 0) is 112 Å². The fraction of sp³-hybridized carbons (Fsp3) is 0.741. The van der Waals surface area contributed by atoms with Crippen molar-refractivity contribution in [1.82, 2.24) is 4.90 Å². The van der Waals surface area contributed by atoms with Crippen molar-refractivity contribution in [1.29, 1.82) is 0 Å². The van der Waals surface area contributed by atoms with Gasteiger partial charge in [0.1, 0.15) is 5.82 Å². The lowest BCUT2D eigenvalue weighted by Gasteiger charge is -2.58. The molecule has 172 valence electrons. The molecule has 4 saturated carbocycles. The minimum Gasteiger partial charge on any atom is -0.390 e. The largest absolute Gasteiger partial charge is 0.390 e. The van der Waals surface area contributed by atoms with Gasteiger partial charge in [-0.15, -0.1) is 0 Å². The minimum absolute atomic E-state index is 0.136. The second-order valence-electron chi connectivity index (χ2n) is 12.1. The first kappa shape index (κ1) is 19.8. The van der Waals surface area contributed by atoms with Crippen molar-refractivity contribution in [3.63, 3.8) is 0 Å². The third-order valence-electron chi connectivity index (χ3n) is 10.3. The van der Waals surface area contributed by atoms with Gasteiger partial charge < -0.3 is 14.9 Å². The summed E-state index contributed by atoms with van der Waals surface area (Å²) in [7, 11) is 0. The quantitative estimate of drug-likeness (QED) is 0.766. The van der Waals surface area contributed by atoms with Gasteiger partial charge in [0.05, 0.1) is 5.60 Å². The summed E-state index contributed by atoms with van der Waals surface area (Å²) in [6, 6.07) is 6.46. The second kappa shape index (κ2) is 6.94. The smallest absolute Gasteiger partial charge is 0.223 e. The number of carbonyl (C=O) groups excluding carboxylic acids is 1. The molecule has 1 amide bonds. The number of hydrogen-bond acceptors (Lipinski definition) is 3. The number of carbonyl (C=O) groups is 1. The highest BCUT2D eigenvalue weighted by atomic mass is 19.1. The van der Waals surface area contributed by atoms with Crippen LogP contribution < -0.4 is 4.90 Å². The van der Waals surface area contributed by atoms with Gasteiger partial charge in [0.25, 0.3) is 0 Å². The lowest BCUT2D eigenvalue weighted by atomic mass is 9.49. The van der Waals surface area contributed by atoms with Gasteiger partial charge in [-0.3, -0.25) is 4.79 Å². The molecular formula is C27H35FN2O2. The summed E-state index contributed by atoms with van der Waals surface area (Å²) in [5, 5.41) is 10.9. The SMILES string of the molecule is O=C(CC1C2CC3CC1CC(O)(C3)C2)N1[C@@H]2CC[C@H]1CC(N1CCc3cc(F)ccc31)C2. The van der Waals surface area contributed by atoms with Crippen molar-refractivity contribution >= 4 is 11.6 Å². The van der Waals surface area contributed by atoms with E-state index in [0.717, 1.165) is 63.5 Å². The zero-order valence-electron chi connectivity index (χ0n) is 18.9. The van der Waals surface area contributed by atoms with E-state index >= 15 is 0 Å². The van der Waals surface area contributed by atoms with Crippen LogP contribution in [0.5, 0.6) is 0 Å². The molecule has 3 heterocycles. The Bertz CT molecular complexity index is 920. The predicted octanol–water partition coefficient (Wildman–Crippen LogP) is 4.29. The minimum atomic E-state index is -0.414. The Morgan fingerprint density at radius 1 is 1.03 bits per heavy atom. The molecule has 4 nitrogen and oxygen atoms in total. The molecule has 4 aliphatic carbocycles. The predicted molar refractivity (Wildman–Crippen MR) is 121 cm³/mol. The van der Waals surface area contributed by atoms with Crippen molar-refractivity contribution < 1.29 is 14.3 Å². The van der Waals surface area contributed by atoms with Crippen LogP contribution in [-0.2, 0) is 11.2 Å². The number of rotatable bonds is 3. The van der Waals surface area contributed by atoms with E-state index in [2.05, 4.69) is 9.80 Å². The van der Waals surface area contributed by atoms with Gasteiger partial charge in [0.15, 0.2) is 0 Å². The number of nitrogens with zero attached hydrogens (tertiary/aromatic N) is 2. The maximum atomic E-state index is 13.7. The van der Waals surface area contributed by atoms with E-state index in [1.165, 1.54) is 18.5 Å². The number of benzene rings is 1. The van der Waals surface area contributed by atoms with E-state index in [-0.39, 0.29) is 5.82 Å². The summed E-state index contributed by atoms with van der Waals surface area (Å²) in [4.78, 5) is 18.4. The molecule has 32 heavy (non-hydrogen) atoms. The normalized spacial score (nSPS) is 43.8. The first-order valence-electron chi connectivity index (χ1n) is 13.0. The molecule has 2 saturated heterocycles. The molecule has 0 spiro atoms. The highest BCUT2D eigenvalue weighted by Gasteiger charge is 2.55. The first-order chi connectivity index (χ1) is 15.5. The van der Waals surface area contributed by atoms with Gasteiger partial charge in [-0.2, -0.15) is 0 Å². The van der Waals surface area contributed by atoms with E-state index in [1.807, 2.05) is 6.07 Å². The molecule has 7 aliphatic rings. The Hall–Kier alpha value is -1.62. The fourth-order valence-corrected chi connectivity index (χ4v) is 9.31. The number of amides is 1. The van der Waals surface area contributed by atoms with E-state index in [4.69, 9.17) is 0 Å². The Morgan fingerprint density at radius 3 is 2.44 bits per heavy atom. The highest BCUT2D eigenvalue weighted by molar-refractivity contribution is 5.78. The van der Waals surface area contributed by atoms with Crippen LogP contribution in [0, 0.1) is 29.5 Å². The lowest BCUT2D eigenvalue weighted by Crippen LogP contribution is -2.56. The number of halogens is 1.